The number of hydrogen-bond donors (Lipinski definition) is 1. The average molecular weight is 246 g/mol. The van der Waals surface area contributed by atoms with Gasteiger partial charge in [-0.3, -0.25) is 0 Å². The molecule has 18 heavy (non-hydrogen) atoms. The number of carbonyl (C=O) groups is 1. The average Bonchev–Trinajstić information content (AvgIpc) is 2.90. The van der Waals surface area contributed by atoms with E-state index in [1.54, 1.807) is 30.1 Å². The Balaban J connectivity index is 1.93. The van der Waals surface area contributed by atoms with Crippen molar-refractivity contribution in [2.75, 3.05) is 11.9 Å². The van der Waals surface area contributed by atoms with Crippen LogP contribution in [0, 0.1) is 0 Å². The third kappa shape index (κ3) is 3.07. The normalized spacial score (nSPS) is 10.1. The zero-order chi connectivity index (χ0) is 12.8. The summed E-state index contributed by atoms with van der Waals surface area (Å²) in [5.74, 6) is -0.305. The summed E-state index contributed by atoms with van der Waals surface area (Å²) in [4.78, 5) is 15.3. The second-order valence-electron chi connectivity index (χ2n) is 3.57. The van der Waals surface area contributed by atoms with Crippen molar-refractivity contribution >= 4 is 11.7 Å². The van der Waals surface area contributed by atoms with Crippen molar-refractivity contribution in [2.24, 2.45) is 0 Å². The van der Waals surface area contributed by atoms with Gasteiger partial charge in [0.05, 0.1) is 12.2 Å². The Hall–Kier alpha value is -2.37. The van der Waals surface area contributed by atoms with Gasteiger partial charge < -0.3 is 10.1 Å². The van der Waals surface area contributed by atoms with Crippen molar-refractivity contribution in [3.63, 3.8) is 0 Å². The monoisotopic (exact) mass is 246 g/mol. The highest BCUT2D eigenvalue weighted by molar-refractivity contribution is 5.89. The number of nitrogens with one attached hydrogen (secondary N) is 1. The molecule has 2 rings (SSSR count). The molecule has 1 aromatic heterocycles. The second-order valence-corrected chi connectivity index (χ2v) is 3.57. The van der Waals surface area contributed by atoms with Gasteiger partial charge in [0.1, 0.15) is 19.3 Å². The lowest BCUT2D eigenvalue weighted by atomic mass is 10.2. The van der Waals surface area contributed by atoms with E-state index < -0.39 is 0 Å². The van der Waals surface area contributed by atoms with Crippen LogP contribution in [0.25, 0.3) is 0 Å². The van der Waals surface area contributed by atoms with Crippen molar-refractivity contribution < 1.29 is 9.53 Å². The first-order valence-corrected chi connectivity index (χ1v) is 5.63. The summed E-state index contributed by atoms with van der Waals surface area (Å²) < 4.78 is 6.57. The van der Waals surface area contributed by atoms with Crippen LogP contribution in [0.4, 0.5) is 5.69 Å². The van der Waals surface area contributed by atoms with E-state index in [0.29, 0.717) is 18.8 Å². The fourth-order valence-corrected chi connectivity index (χ4v) is 1.43. The first-order chi connectivity index (χ1) is 8.79. The van der Waals surface area contributed by atoms with Gasteiger partial charge in [-0.2, -0.15) is 5.10 Å². The summed E-state index contributed by atoms with van der Waals surface area (Å²) >= 11 is 0. The van der Waals surface area contributed by atoms with Gasteiger partial charge in [-0.1, -0.05) is 0 Å². The van der Waals surface area contributed by atoms with Crippen LogP contribution in [0.5, 0.6) is 0 Å². The highest BCUT2D eigenvalue weighted by Gasteiger charge is 2.05. The van der Waals surface area contributed by atoms with Gasteiger partial charge in [-0.05, 0) is 31.2 Å². The molecule has 0 bridgehead atoms. The lowest BCUT2D eigenvalue weighted by Gasteiger charge is -2.07. The van der Waals surface area contributed by atoms with E-state index in [4.69, 9.17) is 4.74 Å². The smallest absolute Gasteiger partial charge is 0.338 e. The second kappa shape index (κ2) is 5.81. The van der Waals surface area contributed by atoms with E-state index in [-0.39, 0.29) is 5.97 Å². The highest BCUT2D eigenvalue weighted by atomic mass is 16.5. The standard InChI is InChI=1S/C12H14N4O2/c1-2-18-12(17)10-3-5-11(6-4-10)14-9-16-8-13-7-15-16/h3-8,14H,2,9H2,1H3. The Morgan fingerprint density at radius 2 is 2.17 bits per heavy atom. The van der Waals surface area contributed by atoms with Crippen molar-refractivity contribution in [2.45, 2.75) is 13.6 Å². The minimum absolute atomic E-state index is 0.305. The maximum atomic E-state index is 11.4. The number of hydrogen-bond acceptors (Lipinski definition) is 5. The molecule has 0 fully saturated rings. The number of carbonyl (C=O) groups excluding carboxylic acids is 1. The lowest BCUT2D eigenvalue weighted by Crippen LogP contribution is -2.09. The number of benzene rings is 1. The Labute approximate surface area is 105 Å². The van der Waals surface area contributed by atoms with E-state index in [1.165, 1.54) is 6.33 Å². The molecule has 0 spiro atoms. The largest absolute Gasteiger partial charge is 0.462 e. The van der Waals surface area contributed by atoms with Gasteiger partial charge in [0.25, 0.3) is 0 Å². The molecule has 6 heteroatoms. The van der Waals surface area contributed by atoms with Crippen LogP contribution in [0.3, 0.4) is 0 Å². The number of nitrogens with zero attached hydrogens (tertiary/aromatic N) is 3. The predicted molar refractivity (Wildman–Crippen MR) is 66.0 cm³/mol. The quantitative estimate of drug-likeness (QED) is 0.810. The Morgan fingerprint density at radius 1 is 1.39 bits per heavy atom. The molecule has 0 aliphatic heterocycles. The molecule has 0 amide bonds. The van der Waals surface area contributed by atoms with E-state index in [0.717, 1.165) is 5.69 Å². The van der Waals surface area contributed by atoms with Crippen molar-refractivity contribution in [3.05, 3.63) is 42.5 Å². The van der Waals surface area contributed by atoms with Crippen LogP contribution in [-0.4, -0.2) is 27.3 Å². The first kappa shape index (κ1) is 12.1. The van der Waals surface area contributed by atoms with Gasteiger partial charge in [0.15, 0.2) is 0 Å². The van der Waals surface area contributed by atoms with Gasteiger partial charge in [0, 0.05) is 5.69 Å². The minimum Gasteiger partial charge on any atom is -0.462 e. The molecule has 0 saturated carbocycles. The number of aromatic nitrogens is 3. The predicted octanol–water partition coefficient (Wildman–Crippen LogP) is 1.52. The summed E-state index contributed by atoms with van der Waals surface area (Å²) in [7, 11) is 0. The Kier molecular flexibility index (Phi) is 3.90. The van der Waals surface area contributed by atoms with E-state index in [9.17, 15) is 4.79 Å². The maximum Gasteiger partial charge on any atom is 0.338 e. The molecule has 1 N–H and O–H groups in total. The maximum absolute atomic E-state index is 11.4. The Bertz CT molecular complexity index is 493. The van der Waals surface area contributed by atoms with Gasteiger partial charge in [0.2, 0.25) is 0 Å². The van der Waals surface area contributed by atoms with Crippen LogP contribution in [0.15, 0.2) is 36.9 Å². The fraction of sp³-hybridized carbons (Fsp3) is 0.250. The van der Waals surface area contributed by atoms with Crippen molar-refractivity contribution in [1.82, 2.24) is 14.8 Å². The summed E-state index contributed by atoms with van der Waals surface area (Å²) in [5, 5.41) is 7.12. The van der Waals surface area contributed by atoms with E-state index in [2.05, 4.69) is 15.4 Å². The van der Waals surface area contributed by atoms with Gasteiger partial charge >= 0.3 is 5.97 Å². The van der Waals surface area contributed by atoms with Crippen LogP contribution >= 0.6 is 0 Å². The third-order valence-electron chi connectivity index (χ3n) is 2.31. The number of ether oxygens (including phenoxy) is 1. The Morgan fingerprint density at radius 3 is 2.78 bits per heavy atom. The molecule has 2 aromatic rings. The molecule has 1 heterocycles. The zero-order valence-corrected chi connectivity index (χ0v) is 10.0. The molecule has 0 radical (unpaired) electrons. The van der Waals surface area contributed by atoms with Crippen LogP contribution < -0.4 is 5.32 Å². The molecule has 6 nitrogen and oxygen atoms in total. The molecule has 0 atom stereocenters. The van der Waals surface area contributed by atoms with Gasteiger partial charge in [-0.25, -0.2) is 14.5 Å². The minimum atomic E-state index is -0.305. The molecular formula is C12H14N4O2. The summed E-state index contributed by atoms with van der Waals surface area (Å²) in [6.45, 7) is 2.69. The van der Waals surface area contributed by atoms with E-state index >= 15 is 0 Å². The van der Waals surface area contributed by atoms with Gasteiger partial charge in [-0.15, -0.1) is 0 Å². The molecule has 0 aliphatic carbocycles. The summed E-state index contributed by atoms with van der Waals surface area (Å²) in [6, 6.07) is 7.09. The molecular weight excluding hydrogens is 232 g/mol. The molecule has 0 aliphatic rings. The molecule has 1 aromatic carbocycles. The fourth-order valence-electron chi connectivity index (χ4n) is 1.43. The van der Waals surface area contributed by atoms with Crippen molar-refractivity contribution in [1.29, 1.82) is 0 Å². The van der Waals surface area contributed by atoms with Crippen LogP contribution in [-0.2, 0) is 11.4 Å². The van der Waals surface area contributed by atoms with Crippen LogP contribution in [0.1, 0.15) is 17.3 Å². The third-order valence-corrected chi connectivity index (χ3v) is 2.31. The molecule has 0 saturated heterocycles. The zero-order valence-electron chi connectivity index (χ0n) is 10.0. The highest BCUT2D eigenvalue weighted by Crippen LogP contribution is 2.10. The number of esters is 1. The lowest BCUT2D eigenvalue weighted by molar-refractivity contribution is 0.0526. The first-order valence-electron chi connectivity index (χ1n) is 5.63. The van der Waals surface area contributed by atoms with Crippen molar-refractivity contribution in [3.8, 4) is 0 Å². The van der Waals surface area contributed by atoms with E-state index in [1.807, 2.05) is 12.1 Å². The SMILES string of the molecule is CCOC(=O)c1ccc(NCn2cncn2)cc1. The summed E-state index contributed by atoms with van der Waals surface area (Å²) in [5.41, 5.74) is 1.45. The topological polar surface area (TPSA) is 69.0 Å². The number of rotatable bonds is 5. The number of anilines is 1. The summed E-state index contributed by atoms with van der Waals surface area (Å²) in [6.07, 6.45) is 3.10. The molecule has 94 valence electrons. The van der Waals surface area contributed by atoms with Crippen LogP contribution in [0.2, 0.25) is 0 Å². The molecule has 0 unspecified atom stereocenters.